The molecule has 0 saturated heterocycles. The minimum absolute atomic E-state index is 0. The van der Waals surface area contributed by atoms with Gasteiger partial charge in [0.05, 0.1) is 0 Å². The van der Waals surface area contributed by atoms with Crippen LogP contribution in [0, 0.1) is 0 Å². The molecule has 2 heteroatoms. The van der Waals surface area contributed by atoms with Gasteiger partial charge in [-0.25, -0.2) is 4.57 Å². The lowest BCUT2D eigenvalue weighted by molar-refractivity contribution is -0.720. The number of rotatable bonds is 7. The highest BCUT2D eigenvalue weighted by Crippen LogP contribution is 2.10. The minimum atomic E-state index is 0. The molecular weight excluding hydrogens is 218 g/mol. The van der Waals surface area contributed by atoms with Crippen LogP contribution >= 0.6 is 0 Å². The van der Waals surface area contributed by atoms with Gasteiger partial charge in [-0.05, 0) is 13.3 Å². The van der Waals surface area contributed by atoms with Gasteiger partial charge in [0, 0.05) is 18.6 Å². The first-order chi connectivity index (χ1) is 7.34. The zero-order valence-electron chi connectivity index (χ0n) is 10.5. The third kappa shape index (κ3) is 6.12. The Labute approximate surface area is 106 Å². The molecule has 1 heterocycles. The molecule has 0 amide bonds. The summed E-state index contributed by atoms with van der Waals surface area (Å²) in [6.45, 7) is 4.57. The molecule has 0 aliphatic carbocycles. The smallest absolute Gasteiger partial charge is 0.169 e. The van der Waals surface area contributed by atoms with E-state index in [2.05, 4.69) is 49.0 Å². The molecule has 0 aliphatic heterocycles. The molecule has 0 saturated carbocycles. The summed E-state index contributed by atoms with van der Waals surface area (Å²) in [6, 6.07) is 6.93. The van der Waals surface area contributed by atoms with Gasteiger partial charge in [-0.1, -0.05) is 38.7 Å². The lowest BCUT2D eigenvalue weighted by atomic mass is 10.1. The molecule has 16 heavy (non-hydrogen) atoms. The maximum absolute atomic E-state index is 2.31. The van der Waals surface area contributed by atoms with E-state index in [9.17, 15) is 0 Å². The van der Waals surface area contributed by atoms with Gasteiger partial charge in [0.15, 0.2) is 18.4 Å². The van der Waals surface area contributed by atoms with Crippen LogP contribution in [0.5, 0.6) is 0 Å². The van der Waals surface area contributed by atoms with Crippen LogP contribution in [0.3, 0.4) is 0 Å². The zero-order valence-corrected chi connectivity index (χ0v) is 11.3. The van der Waals surface area contributed by atoms with Gasteiger partial charge in [0.25, 0.3) is 0 Å². The van der Waals surface area contributed by atoms with Crippen molar-refractivity contribution in [2.45, 2.75) is 58.4 Å². The molecule has 92 valence electrons. The van der Waals surface area contributed by atoms with Gasteiger partial charge >= 0.3 is 0 Å². The Hall–Kier alpha value is -0.560. The van der Waals surface area contributed by atoms with Crippen molar-refractivity contribution in [1.82, 2.24) is 0 Å². The van der Waals surface area contributed by atoms with Crippen molar-refractivity contribution in [2.75, 3.05) is 0 Å². The fraction of sp³-hybridized carbons (Fsp3) is 0.643. The second-order valence-corrected chi connectivity index (χ2v) is 4.37. The van der Waals surface area contributed by atoms with Crippen LogP contribution in [0.15, 0.2) is 30.6 Å². The van der Waals surface area contributed by atoms with Gasteiger partial charge < -0.3 is 12.4 Å². The maximum Gasteiger partial charge on any atom is 0.169 e. The van der Waals surface area contributed by atoms with Crippen molar-refractivity contribution in [1.29, 1.82) is 0 Å². The van der Waals surface area contributed by atoms with Crippen molar-refractivity contribution < 1.29 is 17.0 Å². The standard InChI is InChI=1S/C14H24N.ClH/c1-3-4-5-6-8-11-14(2)15-12-9-7-10-13-15;/h7,9-10,12-14H,3-6,8,11H2,1-2H3;1H/q+1;/p-1. The summed E-state index contributed by atoms with van der Waals surface area (Å²) in [6.07, 6.45) is 12.5. The highest BCUT2D eigenvalue weighted by Gasteiger charge is 2.09. The predicted molar refractivity (Wildman–Crippen MR) is 64.7 cm³/mol. The number of nitrogens with zero attached hydrogens (tertiary/aromatic N) is 1. The van der Waals surface area contributed by atoms with Crippen LogP contribution in [0.1, 0.15) is 58.4 Å². The Morgan fingerprint density at radius 2 is 1.56 bits per heavy atom. The highest BCUT2D eigenvalue weighted by molar-refractivity contribution is 4.83. The van der Waals surface area contributed by atoms with Crippen molar-refractivity contribution >= 4 is 0 Å². The maximum atomic E-state index is 2.31. The third-order valence-electron chi connectivity index (χ3n) is 2.97. The third-order valence-corrected chi connectivity index (χ3v) is 2.97. The molecule has 1 unspecified atom stereocenters. The fourth-order valence-electron chi connectivity index (χ4n) is 1.90. The number of hydrogen-bond acceptors (Lipinski definition) is 0. The topological polar surface area (TPSA) is 3.88 Å². The Kier molecular flexibility index (Phi) is 9.31. The lowest BCUT2D eigenvalue weighted by Gasteiger charge is -2.06. The lowest BCUT2D eigenvalue weighted by Crippen LogP contribution is -3.00. The molecule has 1 atom stereocenters. The van der Waals surface area contributed by atoms with Gasteiger partial charge in [-0.15, -0.1) is 0 Å². The van der Waals surface area contributed by atoms with Crippen LogP contribution in [-0.2, 0) is 0 Å². The first-order valence-electron chi connectivity index (χ1n) is 6.30. The summed E-state index contributed by atoms with van der Waals surface area (Å²) < 4.78 is 2.31. The number of unbranched alkanes of at least 4 members (excludes halogenated alkanes) is 4. The second kappa shape index (κ2) is 9.65. The molecule has 1 nitrogen and oxygen atoms in total. The summed E-state index contributed by atoms with van der Waals surface area (Å²) >= 11 is 0. The fourth-order valence-corrected chi connectivity index (χ4v) is 1.90. The molecule has 0 radical (unpaired) electrons. The first kappa shape index (κ1) is 15.4. The quantitative estimate of drug-likeness (QED) is 0.494. The van der Waals surface area contributed by atoms with E-state index < -0.39 is 0 Å². The summed E-state index contributed by atoms with van der Waals surface area (Å²) in [7, 11) is 0. The molecule has 1 aromatic rings. The number of aromatic nitrogens is 1. The monoisotopic (exact) mass is 241 g/mol. The number of halogens is 1. The van der Waals surface area contributed by atoms with Gasteiger partial charge in [-0.3, -0.25) is 0 Å². The Morgan fingerprint density at radius 3 is 2.19 bits per heavy atom. The summed E-state index contributed by atoms with van der Waals surface area (Å²) in [5.41, 5.74) is 0. The molecule has 1 aromatic heterocycles. The average Bonchev–Trinajstić information content (AvgIpc) is 2.30. The van der Waals surface area contributed by atoms with Gasteiger partial charge in [-0.2, -0.15) is 0 Å². The molecule has 0 aliphatic rings. The SMILES string of the molecule is CCCCCCCC(C)[n+]1ccccc1.[Cl-]. The molecule has 1 rings (SSSR count). The molecule has 0 bridgehead atoms. The van der Waals surface area contributed by atoms with E-state index in [1.54, 1.807) is 0 Å². The van der Waals surface area contributed by atoms with E-state index in [1.807, 2.05) is 0 Å². The Morgan fingerprint density at radius 1 is 0.938 bits per heavy atom. The van der Waals surface area contributed by atoms with Crippen molar-refractivity contribution in [3.05, 3.63) is 30.6 Å². The van der Waals surface area contributed by atoms with E-state index in [0.717, 1.165) is 0 Å². The van der Waals surface area contributed by atoms with Crippen LogP contribution in [0.2, 0.25) is 0 Å². The van der Waals surface area contributed by atoms with Crippen molar-refractivity contribution in [3.8, 4) is 0 Å². The van der Waals surface area contributed by atoms with Crippen LogP contribution in [0.25, 0.3) is 0 Å². The zero-order chi connectivity index (χ0) is 10.9. The van der Waals surface area contributed by atoms with Crippen LogP contribution in [0.4, 0.5) is 0 Å². The molecule has 0 aromatic carbocycles. The first-order valence-corrected chi connectivity index (χ1v) is 6.30. The van der Waals surface area contributed by atoms with Gasteiger partial charge in [0.2, 0.25) is 0 Å². The van der Waals surface area contributed by atoms with Crippen LogP contribution < -0.4 is 17.0 Å². The molecule has 0 N–H and O–H groups in total. The Bertz CT molecular complexity index is 248. The summed E-state index contributed by atoms with van der Waals surface area (Å²) in [5, 5.41) is 0. The minimum Gasteiger partial charge on any atom is -1.00 e. The largest absolute Gasteiger partial charge is 1.00 e. The number of hydrogen-bond donors (Lipinski definition) is 0. The predicted octanol–water partition coefficient (Wildman–Crippen LogP) is 0.900. The normalized spacial score (nSPS) is 11.9. The van der Waals surface area contributed by atoms with E-state index in [4.69, 9.17) is 0 Å². The van der Waals surface area contributed by atoms with Crippen molar-refractivity contribution in [2.24, 2.45) is 0 Å². The van der Waals surface area contributed by atoms with Crippen LogP contribution in [-0.4, -0.2) is 0 Å². The average molecular weight is 242 g/mol. The van der Waals surface area contributed by atoms with Gasteiger partial charge in [0.1, 0.15) is 0 Å². The van der Waals surface area contributed by atoms with E-state index in [1.165, 1.54) is 38.5 Å². The second-order valence-electron chi connectivity index (χ2n) is 4.37. The summed E-state index contributed by atoms with van der Waals surface area (Å²) in [4.78, 5) is 0. The molecule has 0 fully saturated rings. The Balaban J connectivity index is 0.00000225. The van der Waals surface area contributed by atoms with Crippen molar-refractivity contribution in [3.63, 3.8) is 0 Å². The molecular formula is C14H24ClN. The molecule has 0 spiro atoms. The van der Waals surface area contributed by atoms with E-state index in [-0.39, 0.29) is 12.4 Å². The number of pyridine rings is 1. The van der Waals surface area contributed by atoms with E-state index >= 15 is 0 Å². The summed E-state index contributed by atoms with van der Waals surface area (Å²) in [5.74, 6) is 0. The highest BCUT2D eigenvalue weighted by atomic mass is 35.5. The van der Waals surface area contributed by atoms with E-state index in [0.29, 0.717) is 6.04 Å².